The number of piperazine rings is 1. The molecule has 2 heterocycles. The molecule has 2 aromatic rings. The Hall–Kier alpha value is -2.34. The molecular weight excluding hydrogens is 304 g/mol. The second-order valence-corrected chi connectivity index (χ2v) is 6.48. The van der Waals surface area contributed by atoms with Crippen LogP contribution in [0.4, 0.5) is 0 Å². The van der Waals surface area contributed by atoms with Crippen molar-refractivity contribution in [2.45, 2.75) is 25.3 Å². The van der Waals surface area contributed by atoms with Gasteiger partial charge in [0.1, 0.15) is 6.04 Å². The fourth-order valence-corrected chi connectivity index (χ4v) is 3.37. The molecule has 0 saturated carbocycles. The Morgan fingerprint density at radius 3 is 2.88 bits per heavy atom. The van der Waals surface area contributed by atoms with Gasteiger partial charge in [-0.25, -0.2) is 0 Å². The highest BCUT2D eigenvalue weighted by Crippen LogP contribution is 2.20. The number of aryl methyl sites for hydroxylation is 1. The van der Waals surface area contributed by atoms with Crippen LogP contribution in [0.2, 0.25) is 0 Å². The maximum Gasteiger partial charge on any atom is 0.241 e. The van der Waals surface area contributed by atoms with E-state index in [2.05, 4.69) is 11.1 Å². The van der Waals surface area contributed by atoms with Crippen LogP contribution in [0.1, 0.15) is 18.4 Å². The van der Waals surface area contributed by atoms with Crippen molar-refractivity contribution in [1.29, 1.82) is 0 Å². The fourth-order valence-electron chi connectivity index (χ4n) is 3.37. The van der Waals surface area contributed by atoms with Crippen molar-refractivity contribution in [2.24, 2.45) is 5.73 Å². The van der Waals surface area contributed by atoms with Gasteiger partial charge in [0, 0.05) is 43.2 Å². The van der Waals surface area contributed by atoms with Gasteiger partial charge in [0.2, 0.25) is 11.8 Å². The predicted molar refractivity (Wildman–Crippen MR) is 93.4 cm³/mol. The largest absolute Gasteiger partial charge is 0.368 e. The van der Waals surface area contributed by atoms with E-state index in [1.54, 1.807) is 4.90 Å². The number of rotatable bonds is 5. The Kier molecular flexibility index (Phi) is 4.85. The number of aromatic nitrogens is 1. The first-order valence-corrected chi connectivity index (χ1v) is 8.38. The first kappa shape index (κ1) is 16.5. The molecule has 1 fully saturated rings. The number of amides is 2. The lowest BCUT2D eigenvalue weighted by molar-refractivity contribution is -0.142. The predicted octanol–water partition coefficient (Wildman–Crippen LogP) is 1.12. The third-order valence-electron chi connectivity index (χ3n) is 4.74. The molecule has 1 atom stereocenters. The SMILES string of the molecule is CN1CCN(C(=O)CCCc2c[nH]c3ccccc23)[C@@H](C(N)=O)C1. The quantitative estimate of drug-likeness (QED) is 0.863. The number of hydrogen-bond acceptors (Lipinski definition) is 3. The highest BCUT2D eigenvalue weighted by atomic mass is 16.2. The van der Waals surface area contributed by atoms with Crippen molar-refractivity contribution in [1.82, 2.24) is 14.8 Å². The van der Waals surface area contributed by atoms with Crippen LogP contribution >= 0.6 is 0 Å². The molecule has 1 aliphatic heterocycles. The van der Waals surface area contributed by atoms with Gasteiger partial charge < -0.3 is 20.5 Å². The maximum atomic E-state index is 12.5. The molecule has 3 N–H and O–H groups in total. The molecule has 0 aliphatic carbocycles. The molecule has 1 aromatic heterocycles. The molecule has 6 heteroatoms. The van der Waals surface area contributed by atoms with E-state index < -0.39 is 11.9 Å². The number of para-hydroxylation sites is 1. The van der Waals surface area contributed by atoms with E-state index >= 15 is 0 Å². The number of nitrogens with zero attached hydrogens (tertiary/aromatic N) is 2. The molecule has 6 nitrogen and oxygen atoms in total. The fraction of sp³-hybridized carbons (Fsp3) is 0.444. The number of likely N-dealkylation sites (N-methyl/N-ethyl adjacent to an activating group) is 1. The molecular formula is C18H24N4O2. The lowest BCUT2D eigenvalue weighted by atomic mass is 10.1. The van der Waals surface area contributed by atoms with Gasteiger partial charge in [0.05, 0.1) is 0 Å². The van der Waals surface area contributed by atoms with Crippen molar-refractivity contribution in [3.8, 4) is 0 Å². The van der Waals surface area contributed by atoms with Crippen LogP contribution in [0.5, 0.6) is 0 Å². The van der Waals surface area contributed by atoms with Gasteiger partial charge in [-0.1, -0.05) is 18.2 Å². The van der Waals surface area contributed by atoms with Crippen molar-refractivity contribution in [2.75, 3.05) is 26.7 Å². The Labute approximate surface area is 141 Å². The van der Waals surface area contributed by atoms with E-state index in [1.807, 2.05) is 36.3 Å². The van der Waals surface area contributed by atoms with E-state index in [4.69, 9.17) is 5.73 Å². The van der Waals surface area contributed by atoms with Gasteiger partial charge in [-0.2, -0.15) is 0 Å². The van der Waals surface area contributed by atoms with Crippen LogP contribution < -0.4 is 5.73 Å². The van der Waals surface area contributed by atoms with Crippen molar-refractivity contribution in [3.05, 3.63) is 36.0 Å². The molecule has 0 unspecified atom stereocenters. The summed E-state index contributed by atoms with van der Waals surface area (Å²) in [7, 11) is 1.94. The molecule has 1 aliphatic rings. The minimum absolute atomic E-state index is 0.0201. The summed E-state index contributed by atoms with van der Waals surface area (Å²) in [6, 6.07) is 7.65. The zero-order chi connectivity index (χ0) is 17.1. The second kappa shape index (κ2) is 7.05. The molecule has 0 radical (unpaired) electrons. The zero-order valence-corrected chi connectivity index (χ0v) is 14.0. The minimum Gasteiger partial charge on any atom is -0.368 e. The van der Waals surface area contributed by atoms with Gasteiger partial charge in [-0.05, 0) is 31.5 Å². The number of H-pyrrole nitrogens is 1. The number of aromatic amines is 1. The summed E-state index contributed by atoms with van der Waals surface area (Å²) in [5, 5.41) is 1.21. The Bertz CT molecular complexity index is 739. The standard InChI is InChI=1S/C18H24N4O2/c1-21-9-10-22(16(12-21)18(19)24)17(23)8-4-5-13-11-20-15-7-3-2-6-14(13)15/h2-3,6-7,11,16,20H,4-5,8-10,12H2,1H3,(H2,19,24)/t16-/m1/s1. The molecule has 24 heavy (non-hydrogen) atoms. The summed E-state index contributed by atoms with van der Waals surface area (Å²) < 4.78 is 0. The summed E-state index contributed by atoms with van der Waals surface area (Å²) in [6.07, 6.45) is 4.05. The minimum atomic E-state index is -0.510. The van der Waals surface area contributed by atoms with Gasteiger partial charge >= 0.3 is 0 Å². The number of hydrogen-bond donors (Lipinski definition) is 2. The Morgan fingerprint density at radius 2 is 2.08 bits per heavy atom. The number of benzene rings is 1. The summed E-state index contributed by atoms with van der Waals surface area (Å²) in [6.45, 7) is 1.86. The molecule has 128 valence electrons. The highest BCUT2D eigenvalue weighted by molar-refractivity contribution is 5.87. The van der Waals surface area contributed by atoms with Gasteiger partial charge in [-0.3, -0.25) is 9.59 Å². The smallest absolute Gasteiger partial charge is 0.241 e. The zero-order valence-electron chi connectivity index (χ0n) is 14.0. The van der Waals surface area contributed by atoms with Crippen LogP contribution in [0.15, 0.2) is 30.5 Å². The summed E-state index contributed by atoms with van der Waals surface area (Å²) in [5.41, 5.74) is 7.80. The van der Waals surface area contributed by atoms with Gasteiger partial charge in [-0.15, -0.1) is 0 Å². The number of primary amides is 1. The van der Waals surface area contributed by atoms with Crippen LogP contribution in [-0.2, 0) is 16.0 Å². The molecule has 0 spiro atoms. The summed E-state index contributed by atoms with van der Waals surface area (Å²) >= 11 is 0. The molecule has 0 bridgehead atoms. The average molecular weight is 328 g/mol. The van der Waals surface area contributed by atoms with E-state index in [0.29, 0.717) is 19.5 Å². The number of carbonyl (C=O) groups is 2. The number of fused-ring (bicyclic) bond motifs is 1. The van der Waals surface area contributed by atoms with E-state index in [1.165, 1.54) is 10.9 Å². The lowest BCUT2D eigenvalue weighted by Crippen LogP contribution is -2.59. The maximum absolute atomic E-state index is 12.5. The van der Waals surface area contributed by atoms with E-state index in [-0.39, 0.29) is 5.91 Å². The average Bonchev–Trinajstić information content (AvgIpc) is 2.98. The third-order valence-corrected chi connectivity index (χ3v) is 4.74. The molecule has 1 aromatic carbocycles. The van der Waals surface area contributed by atoms with Crippen LogP contribution in [-0.4, -0.2) is 59.3 Å². The third kappa shape index (κ3) is 3.43. The normalized spacial score (nSPS) is 18.9. The first-order chi connectivity index (χ1) is 11.6. The highest BCUT2D eigenvalue weighted by Gasteiger charge is 2.32. The van der Waals surface area contributed by atoms with E-state index in [0.717, 1.165) is 24.9 Å². The monoisotopic (exact) mass is 328 g/mol. The van der Waals surface area contributed by atoms with Gasteiger partial charge in [0.15, 0.2) is 0 Å². The number of carbonyl (C=O) groups excluding carboxylic acids is 2. The summed E-state index contributed by atoms with van der Waals surface area (Å²) in [5.74, 6) is -0.404. The first-order valence-electron chi connectivity index (χ1n) is 8.38. The van der Waals surface area contributed by atoms with Crippen molar-refractivity contribution in [3.63, 3.8) is 0 Å². The lowest BCUT2D eigenvalue weighted by Gasteiger charge is -2.38. The molecule has 2 amide bonds. The van der Waals surface area contributed by atoms with Gasteiger partial charge in [0.25, 0.3) is 0 Å². The Morgan fingerprint density at radius 1 is 1.29 bits per heavy atom. The van der Waals surface area contributed by atoms with Crippen molar-refractivity contribution < 1.29 is 9.59 Å². The molecule has 1 saturated heterocycles. The van der Waals surface area contributed by atoms with Crippen LogP contribution in [0.25, 0.3) is 10.9 Å². The van der Waals surface area contributed by atoms with Crippen LogP contribution in [0, 0.1) is 0 Å². The number of nitrogens with one attached hydrogen (secondary N) is 1. The topological polar surface area (TPSA) is 82.4 Å². The summed E-state index contributed by atoms with van der Waals surface area (Å²) in [4.78, 5) is 31.1. The second-order valence-electron chi connectivity index (χ2n) is 6.48. The number of nitrogens with two attached hydrogens (primary N) is 1. The molecule has 3 rings (SSSR count). The van der Waals surface area contributed by atoms with Crippen molar-refractivity contribution >= 4 is 22.7 Å². The van der Waals surface area contributed by atoms with E-state index in [9.17, 15) is 9.59 Å². The van der Waals surface area contributed by atoms with Crippen LogP contribution in [0.3, 0.4) is 0 Å². The Balaban J connectivity index is 1.58.